The molecule has 0 bridgehead atoms. The molecule has 10 rings (SSSR count). The lowest BCUT2D eigenvalue weighted by atomic mass is 9.88. The number of hydrogen-bond donors (Lipinski definition) is 6. The molecule has 10 aromatic rings. The summed E-state index contributed by atoms with van der Waals surface area (Å²) < 4.78 is 86.7. The Morgan fingerprint density at radius 2 is 1.00 bits per heavy atom. The number of likely N-dealkylation sites (N-methyl/N-ethyl adjacent to an activating group) is 4. The van der Waals surface area contributed by atoms with Crippen LogP contribution in [0.1, 0.15) is 0 Å². The highest BCUT2D eigenvalue weighted by Crippen LogP contribution is 2.52. The third-order valence-corrected chi connectivity index (χ3v) is 17.3. The smallest absolute Gasteiger partial charge is 0.415 e. The third-order valence-electron chi connectivity index (χ3n) is 14.5. The van der Waals surface area contributed by atoms with Gasteiger partial charge < -0.3 is 49.6 Å². The van der Waals surface area contributed by atoms with E-state index in [4.69, 9.17) is 18.9 Å². The Bertz CT molecular complexity index is 4410. The average molecular weight is 1170 g/mol. The quantitative estimate of drug-likeness (QED) is 0.0414. The van der Waals surface area contributed by atoms with Crippen LogP contribution in [-0.2, 0) is 20.0 Å². The fourth-order valence-corrected chi connectivity index (χ4v) is 12.2. The van der Waals surface area contributed by atoms with E-state index < -0.39 is 32.2 Å². The first-order valence-corrected chi connectivity index (χ1v) is 29.5. The maximum Gasteiger partial charge on any atom is 0.415 e. The molecule has 18 nitrogen and oxygen atoms in total. The van der Waals surface area contributed by atoms with Gasteiger partial charge in [0.15, 0.2) is 0 Å². The minimum Gasteiger partial charge on any atom is -0.507 e. The van der Waals surface area contributed by atoms with E-state index in [1.54, 1.807) is 107 Å². The summed E-state index contributed by atoms with van der Waals surface area (Å²) >= 11 is 0. The molecular formula is C64H60N6O12S2. The molecule has 0 saturated carbocycles. The van der Waals surface area contributed by atoms with Crippen LogP contribution in [0.4, 0.5) is 21.0 Å². The van der Waals surface area contributed by atoms with Gasteiger partial charge in [-0.15, -0.1) is 0 Å². The Morgan fingerprint density at radius 1 is 0.488 bits per heavy atom. The minimum absolute atomic E-state index is 0.0153. The zero-order chi connectivity index (χ0) is 59.5. The molecule has 0 heterocycles. The number of phenolic OH excluding ortho intramolecular Hbond substituents is 2. The number of methoxy groups -OCH3 is 2. The SMILES string of the molecule is CNCCN(C)C(=O)Oc1cc(-c2ccc3c(OC(=O)N(C)CCNC)c(-c4c(O)ccc5ccccc45)cc(NS(=O)(=O)c4ccc(OC)cc4)c3c2)c2ccccc2c1-c1cc(NS(=O)(=O)c2ccc(OC)cc2)c2ccccc2c1O. The Hall–Kier alpha value is -9.60. The van der Waals surface area contributed by atoms with Crippen LogP contribution in [0.5, 0.6) is 34.5 Å². The molecule has 0 unspecified atom stereocenters. The van der Waals surface area contributed by atoms with Crippen molar-refractivity contribution in [2.75, 3.05) is 78.0 Å². The number of amides is 2. The highest BCUT2D eigenvalue weighted by molar-refractivity contribution is 7.93. The Balaban J connectivity index is 1.24. The molecule has 0 saturated heterocycles. The van der Waals surface area contributed by atoms with E-state index in [9.17, 15) is 36.6 Å². The van der Waals surface area contributed by atoms with Gasteiger partial charge in [0, 0.05) is 84.1 Å². The van der Waals surface area contributed by atoms with Gasteiger partial charge in [0.2, 0.25) is 0 Å². The highest BCUT2D eigenvalue weighted by Gasteiger charge is 2.29. The molecule has 0 aromatic heterocycles. The number of carbonyl (C=O) groups is 2. The number of carbonyl (C=O) groups excluding carboxylic acids is 2. The lowest BCUT2D eigenvalue weighted by Crippen LogP contribution is -2.34. The number of hydrogen-bond acceptors (Lipinski definition) is 14. The molecule has 6 N–H and O–H groups in total. The van der Waals surface area contributed by atoms with Crippen molar-refractivity contribution in [3.05, 3.63) is 170 Å². The third kappa shape index (κ3) is 11.5. The predicted molar refractivity (Wildman–Crippen MR) is 329 cm³/mol. The van der Waals surface area contributed by atoms with Crippen molar-refractivity contribution >= 4 is 86.7 Å². The van der Waals surface area contributed by atoms with Gasteiger partial charge in [-0.2, -0.15) is 0 Å². The Morgan fingerprint density at radius 3 is 1.58 bits per heavy atom. The predicted octanol–water partition coefficient (Wildman–Crippen LogP) is 11.6. The number of phenols is 2. The molecule has 0 aliphatic heterocycles. The molecule has 0 fully saturated rings. The lowest BCUT2D eigenvalue weighted by molar-refractivity contribution is 0.163. The summed E-state index contributed by atoms with van der Waals surface area (Å²) in [5.74, 6) is 0.479. The van der Waals surface area contributed by atoms with Gasteiger partial charge in [0.25, 0.3) is 20.0 Å². The fourth-order valence-electron chi connectivity index (χ4n) is 10.1. The van der Waals surface area contributed by atoms with Crippen LogP contribution in [0.25, 0.3) is 76.5 Å². The van der Waals surface area contributed by atoms with Gasteiger partial charge in [-0.05, 0) is 132 Å². The molecule has 0 aliphatic rings. The van der Waals surface area contributed by atoms with Crippen molar-refractivity contribution < 1.29 is 55.6 Å². The monoisotopic (exact) mass is 1170 g/mol. The van der Waals surface area contributed by atoms with Gasteiger partial charge in [0.05, 0.1) is 35.4 Å². The van der Waals surface area contributed by atoms with Crippen LogP contribution in [0.2, 0.25) is 0 Å². The summed E-state index contributed by atoms with van der Waals surface area (Å²) in [6.45, 7) is 1.39. The summed E-state index contributed by atoms with van der Waals surface area (Å²) in [5, 5.41) is 33.9. The molecule has 430 valence electrons. The lowest BCUT2D eigenvalue weighted by Gasteiger charge is -2.23. The number of benzene rings is 10. The largest absolute Gasteiger partial charge is 0.507 e. The van der Waals surface area contributed by atoms with Crippen molar-refractivity contribution in [3.63, 3.8) is 0 Å². The van der Waals surface area contributed by atoms with E-state index in [1.807, 2.05) is 24.3 Å². The summed E-state index contributed by atoms with van der Waals surface area (Å²) in [6.07, 6.45) is -1.48. The van der Waals surface area contributed by atoms with Crippen molar-refractivity contribution in [3.8, 4) is 67.9 Å². The second-order valence-corrected chi connectivity index (χ2v) is 23.2. The zero-order valence-corrected chi connectivity index (χ0v) is 48.3. The molecule has 0 radical (unpaired) electrons. The van der Waals surface area contributed by atoms with E-state index in [0.29, 0.717) is 62.6 Å². The summed E-state index contributed by atoms with van der Waals surface area (Å²) in [5.41, 5.74) is 1.92. The van der Waals surface area contributed by atoms with E-state index >= 15 is 0 Å². The van der Waals surface area contributed by atoms with Crippen LogP contribution in [0.3, 0.4) is 0 Å². The molecular weight excluding hydrogens is 1110 g/mol. The average Bonchev–Trinajstić information content (AvgIpc) is 1.46. The minimum atomic E-state index is -4.41. The van der Waals surface area contributed by atoms with Crippen LogP contribution in [-0.4, -0.2) is 118 Å². The molecule has 0 aliphatic carbocycles. The molecule has 20 heteroatoms. The van der Waals surface area contributed by atoms with Crippen molar-refractivity contribution in [2.45, 2.75) is 9.79 Å². The van der Waals surface area contributed by atoms with Gasteiger partial charge >= 0.3 is 12.2 Å². The van der Waals surface area contributed by atoms with Gasteiger partial charge in [0.1, 0.15) is 34.5 Å². The number of nitrogens with one attached hydrogen (secondary N) is 4. The molecule has 84 heavy (non-hydrogen) atoms. The van der Waals surface area contributed by atoms with E-state index in [2.05, 4.69) is 20.1 Å². The standard InChI is InChI=1S/C64H60N6O12S2/c1-65-31-33-69(3)63(73)81-58-38-51(46-15-9-11-17-48(46)60(58)53-36-55(47-16-10-12-18-49(47)61(53)72)67-83(75,76)43-25-21-41(79-5)22-26-43)40-19-29-50-52(35-40)56(68-84(77,78)44-27-23-42(80-6)24-28-44)37-54(62(50)82-64(74)70(4)34-32-66-2)59-45-14-8-7-13-39(45)20-30-57(59)71/h7-30,35-38,65-68,71-72H,31-34H2,1-6H3. The molecule has 10 aromatic carbocycles. The van der Waals surface area contributed by atoms with Gasteiger partial charge in [-0.25, -0.2) is 26.4 Å². The van der Waals surface area contributed by atoms with E-state index in [-0.39, 0.29) is 90.3 Å². The number of aromatic hydroxyl groups is 2. The molecule has 2 amide bonds. The summed E-state index contributed by atoms with van der Waals surface area (Å²) in [4.78, 5) is 31.2. The van der Waals surface area contributed by atoms with Crippen LogP contribution in [0, 0.1) is 0 Å². The first-order chi connectivity index (χ1) is 40.4. The fraction of sp³-hybridized carbons (Fsp3) is 0.156. The van der Waals surface area contributed by atoms with Crippen molar-refractivity contribution in [1.82, 2.24) is 20.4 Å². The number of sulfonamides is 2. The topological polar surface area (TPSA) is 234 Å². The maximum atomic E-state index is 14.7. The Kier molecular flexibility index (Phi) is 16.5. The van der Waals surface area contributed by atoms with E-state index in [1.165, 1.54) is 90.7 Å². The normalized spacial score (nSPS) is 11.6. The van der Waals surface area contributed by atoms with Gasteiger partial charge in [-0.3, -0.25) is 9.44 Å². The second kappa shape index (κ2) is 24.1. The maximum absolute atomic E-state index is 14.7. The number of rotatable bonds is 19. The van der Waals surface area contributed by atoms with Crippen LogP contribution in [0.15, 0.2) is 180 Å². The first kappa shape index (κ1) is 57.6. The summed E-state index contributed by atoms with van der Waals surface area (Å²) in [6, 6.07) is 46.1. The number of nitrogens with zero attached hydrogens (tertiary/aromatic N) is 2. The van der Waals surface area contributed by atoms with Crippen molar-refractivity contribution in [1.29, 1.82) is 0 Å². The highest BCUT2D eigenvalue weighted by atomic mass is 32.2. The van der Waals surface area contributed by atoms with Crippen LogP contribution < -0.4 is 39.0 Å². The number of fused-ring (bicyclic) bond motifs is 4. The van der Waals surface area contributed by atoms with E-state index in [0.717, 1.165) is 5.39 Å². The van der Waals surface area contributed by atoms with Gasteiger partial charge in [-0.1, -0.05) is 84.9 Å². The second-order valence-electron chi connectivity index (χ2n) is 19.8. The molecule has 0 spiro atoms. The van der Waals surface area contributed by atoms with Crippen LogP contribution >= 0.6 is 0 Å². The Labute approximate surface area is 485 Å². The van der Waals surface area contributed by atoms with Crippen molar-refractivity contribution in [2.24, 2.45) is 0 Å². The summed E-state index contributed by atoms with van der Waals surface area (Å²) in [7, 11) is 0.954. The zero-order valence-electron chi connectivity index (χ0n) is 46.7. The number of ether oxygens (including phenoxy) is 4. The first-order valence-electron chi connectivity index (χ1n) is 26.6. The molecule has 0 atom stereocenters. The number of anilines is 2.